The maximum absolute atomic E-state index is 15.1. The molecule has 1 saturated carbocycles. The third-order valence-corrected chi connectivity index (χ3v) is 5.73. The molecule has 4 rings (SSSR count). The zero-order chi connectivity index (χ0) is 18.8. The molecule has 0 radical (unpaired) electrons. The number of anilines is 2. The van der Waals surface area contributed by atoms with Crippen molar-refractivity contribution >= 4 is 11.6 Å². The Balaban J connectivity index is 1.53. The van der Waals surface area contributed by atoms with Gasteiger partial charge in [0, 0.05) is 38.2 Å². The molecule has 2 aliphatic rings. The Kier molecular flexibility index (Phi) is 5.05. The lowest BCUT2D eigenvalue weighted by Crippen LogP contribution is -2.47. The molecule has 1 saturated heterocycles. The van der Waals surface area contributed by atoms with Gasteiger partial charge < -0.3 is 14.5 Å². The average molecular weight is 372 g/mol. The zero-order valence-corrected chi connectivity index (χ0v) is 15.8. The van der Waals surface area contributed by atoms with Gasteiger partial charge in [0.05, 0.1) is 12.8 Å². The number of methoxy groups -OCH3 is 1. The summed E-state index contributed by atoms with van der Waals surface area (Å²) in [7, 11) is 3.60. The number of rotatable bonds is 5. The lowest BCUT2D eigenvalue weighted by Gasteiger charge is -2.39. The van der Waals surface area contributed by atoms with E-state index in [-0.39, 0.29) is 17.8 Å². The van der Waals surface area contributed by atoms with Gasteiger partial charge in [0.1, 0.15) is 18.5 Å². The fraction of sp³-hybridized carbons (Fsp3) is 0.579. The molecule has 0 spiro atoms. The normalized spacial score (nSPS) is 20.3. The van der Waals surface area contributed by atoms with Crippen LogP contribution >= 0.6 is 0 Å². The fourth-order valence-corrected chi connectivity index (χ4v) is 3.85. The number of nitrogens with zero attached hydrogens (tertiary/aromatic N) is 6. The van der Waals surface area contributed by atoms with Gasteiger partial charge in [-0.25, -0.2) is 24.3 Å². The van der Waals surface area contributed by atoms with Crippen LogP contribution in [0, 0.1) is 5.82 Å². The van der Waals surface area contributed by atoms with Gasteiger partial charge in [-0.15, -0.1) is 0 Å². The summed E-state index contributed by atoms with van der Waals surface area (Å²) in [5, 5.41) is 0. The van der Waals surface area contributed by atoms with Crippen molar-refractivity contribution in [1.82, 2.24) is 19.9 Å². The van der Waals surface area contributed by atoms with Crippen LogP contribution in [0.4, 0.5) is 16.0 Å². The van der Waals surface area contributed by atoms with E-state index in [2.05, 4.69) is 24.8 Å². The Morgan fingerprint density at radius 2 is 1.93 bits per heavy atom. The minimum Gasteiger partial charge on any atom is -0.481 e. The van der Waals surface area contributed by atoms with Crippen LogP contribution in [0.3, 0.4) is 0 Å². The number of aromatic nitrogens is 4. The third kappa shape index (κ3) is 3.52. The average Bonchev–Trinajstić information content (AvgIpc) is 2.68. The number of ether oxygens (including phenoxy) is 1. The van der Waals surface area contributed by atoms with Gasteiger partial charge in [-0.1, -0.05) is 6.42 Å². The number of hydrogen-bond donors (Lipinski definition) is 0. The number of piperidine rings is 1. The lowest BCUT2D eigenvalue weighted by molar-refractivity contribution is 0.390. The summed E-state index contributed by atoms with van der Waals surface area (Å²) in [5.74, 6) is 1.78. The highest BCUT2D eigenvalue weighted by Crippen LogP contribution is 2.38. The summed E-state index contributed by atoms with van der Waals surface area (Å²) < 4.78 is 20.3. The van der Waals surface area contributed by atoms with Crippen LogP contribution in [0.1, 0.15) is 43.7 Å². The van der Waals surface area contributed by atoms with Gasteiger partial charge >= 0.3 is 0 Å². The highest BCUT2D eigenvalue weighted by molar-refractivity contribution is 5.46. The van der Waals surface area contributed by atoms with E-state index in [0.717, 1.165) is 44.5 Å². The van der Waals surface area contributed by atoms with Crippen LogP contribution in [0.25, 0.3) is 0 Å². The molecule has 1 unspecified atom stereocenters. The van der Waals surface area contributed by atoms with Crippen LogP contribution in [0.15, 0.2) is 18.7 Å². The van der Waals surface area contributed by atoms with E-state index in [9.17, 15) is 0 Å². The van der Waals surface area contributed by atoms with Crippen molar-refractivity contribution in [2.75, 3.05) is 37.0 Å². The number of halogens is 1. The standard InChI is InChI=1S/C19H25FN6O/c1-25(15-9-16(27-2)22-11-21-15)14-7-4-8-26(10-14)19-17(20)18(23-12-24-19)13-5-3-6-13/h9,11-14H,3-8,10H2,1-2H3. The molecule has 0 aromatic carbocycles. The smallest absolute Gasteiger partial charge is 0.218 e. The first-order chi connectivity index (χ1) is 13.2. The molecule has 144 valence electrons. The van der Waals surface area contributed by atoms with Crippen LogP contribution in [0.5, 0.6) is 5.88 Å². The Morgan fingerprint density at radius 1 is 1.11 bits per heavy atom. The minimum atomic E-state index is -0.241. The van der Waals surface area contributed by atoms with Gasteiger partial charge in [-0.2, -0.15) is 0 Å². The molecule has 3 heterocycles. The first-order valence-electron chi connectivity index (χ1n) is 9.51. The Bertz CT molecular complexity index is 800. The highest BCUT2D eigenvalue weighted by atomic mass is 19.1. The van der Waals surface area contributed by atoms with Crippen LogP contribution in [-0.4, -0.2) is 53.2 Å². The second-order valence-corrected chi connectivity index (χ2v) is 7.30. The van der Waals surface area contributed by atoms with E-state index in [1.165, 1.54) is 12.7 Å². The van der Waals surface area contributed by atoms with Crippen molar-refractivity contribution < 1.29 is 9.13 Å². The summed E-state index contributed by atoms with van der Waals surface area (Å²) in [6.45, 7) is 1.50. The summed E-state index contributed by atoms with van der Waals surface area (Å²) in [6, 6.07) is 2.03. The molecular formula is C19H25FN6O. The monoisotopic (exact) mass is 372 g/mol. The van der Waals surface area contributed by atoms with Gasteiger partial charge in [0.2, 0.25) is 5.88 Å². The summed E-state index contributed by atoms with van der Waals surface area (Å²) in [4.78, 5) is 21.1. The first kappa shape index (κ1) is 17.9. The molecule has 2 aromatic rings. The minimum absolute atomic E-state index is 0.208. The molecule has 27 heavy (non-hydrogen) atoms. The van der Waals surface area contributed by atoms with E-state index in [4.69, 9.17) is 4.74 Å². The van der Waals surface area contributed by atoms with E-state index in [1.807, 2.05) is 18.0 Å². The predicted molar refractivity (Wildman–Crippen MR) is 101 cm³/mol. The van der Waals surface area contributed by atoms with Crippen molar-refractivity contribution in [3.8, 4) is 5.88 Å². The Hall–Kier alpha value is -2.51. The largest absolute Gasteiger partial charge is 0.481 e. The van der Waals surface area contributed by atoms with Gasteiger partial charge in [0.25, 0.3) is 0 Å². The van der Waals surface area contributed by atoms with Gasteiger partial charge in [-0.3, -0.25) is 0 Å². The molecule has 8 heteroatoms. The Morgan fingerprint density at radius 3 is 2.67 bits per heavy atom. The highest BCUT2D eigenvalue weighted by Gasteiger charge is 2.30. The van der Waals surface area contributed by atoms with E-state index < -0.39 is 0 Å². The molecule has 1 aliphatic carbocycles. The molecule has 0 N–H and O–H groups in total. The zero-order valence-electron chi connectivity index (χ0n) is 15.8. The summed E-state index contributed by atoms with van der Waals surface area (Å²) >= 11 is 0. The summed E-state index contributed by atoms with van der Waals surface area (Å²) in [6.07, 6.45) is 8.20. The predicted octanol–water partition coefficient (Wildman–Crippen LogP) is 2.79. The topological polar surface area (TPSA) is 67.3 Å². The molecule has 1 atom stereocenters. The van der Waals surface area contributed by atoms with E-state index in [0.29, 0.717) is 23.9 Å². The first-order valence-corrected chi connectivity index (χ1v) is 9.51. The molecule has 2 fully saturated rings. The molecule has 7 nitrogen and oxygen atoms in total. The van der Waals surface area contributed by atoms with Gasteiger partial charge in [-0.05, 0) is 25.7 Å². The molecule has 0 amide bonds. The molecular weight excluding hydrogens is 347 g/mol. The van der Waals surface area contributed by atoms with Crippen molar-refractivity contribution in [3.63, 3.8) is 0 Å². The van der Waals surface area contributed by atoms with Crippen molar-refractivity contribution in [3.05, 3.63) is 30.2 Å². The molecule has 0 bridgehead atoms. The molecule has 2 aromatic heterocycles. The van der Waals surface area contributed by atoms with Crippen molar-refractivity contribution in [1.29, 1.82) is 0 Å². The second kappa shape index (κ2) is 7.62. The number of hydrogen-bond acceptors (Lipinski definition) is 7. The third-order valence-electron chi connectivity index (χ3n) is 5.73. The maximum Gasteiger partial charge on any atom is 0.218 e. The van der Waals surface area contributed by atoms with Crippen LogP contribution < -0.4 is 14.5 Å². The second-order valence-electron chi connectivity index (χ2n) is 7.30. The van der Waals surface area contributed by atoms with Crippen molar-refractivity contribution in [2.45, 2.75) is 44.1 Å². The maximum atomic E-state index is 15.1. The fourth-order valence-electron chi connectivity index (χ4n) is 3.85. The van der Waals surface area contributed by atoms with Crippen LogP contribution in [-0.2, 0) is 0 Å². The SMILES string of the molecule is COc1cc(N(C)C2CCCN(c3ncnc(C4CCC4)c3F)C2)ncn1. The quantitative estimate of drug-likeness (QED) is 0.799. The van der Waals surface area contributed by atoms with Crippen molar-refractivity contribution in [2.24, 2.45) is 0 Å². The lowest BCUT2D eigenvalue weighted by atomic mass is 9.82. The number of likely N-dealkylation sites (N-methyl/N-ethyl adjacent to an activating group) is 1. The Labute approximate surface area is 158 Å². The summed E-state index contributed by atoms with van der Waals surface area (Å²) in [5.41, 5.74) is 0.585. The van der Waals surface area contributed by atoms with E-state index in [1.54, 1.807) is 7.11 Å². The molecule has 1 aliphatic heterocycles. The van der Waals surface area contributed by atoms with E-state index >= 15 is 4.39 Å². The van der Waals surface area contributed by atoms with Crippen LogP contribution in [0.2, 0.25) is 0 Å². The van der Waals surface area contributed by atoms with Gasteiger partial charge in [0.15, 0.2) is 11.6 Å².